The van der Waals surface area contributed by atoms with E-state index in [1.807, 2.05) is 25.1 Å². The van der Waals surface area contributed by atoms with E-state index in [9.17, 15) is 4.79 Å². The Balaban J connectivity index is 2.11. The largest absolute Gasteiger partial charge is 0.462 e. The molecule has 3 aromatic rings. The first kappa shape index (κ1) is 15.3. The SMILES string of the molecule is CCOC(=O)c1cnc2ccnn2c1Nc1ccc(C)cc1Cl. The third-order valence-electron chi connectivity index (χ3n) is 3.29. The molecule has 0 fully saturated rings. The number of carbonyl (C=O) groups is 1. The van der Waals surface area contributed by atoms with Gasteiger partial charge in [0.2, 0.25) is 0 Å². The van der Waals surface area contributed by atoms with Gasteiger partial charge in [0.15, 0.2) is 11.5 Å². The molecule has 0 amide bonds. The summed E-state index contributed by atoms with van der Waals surface area (Å²) in [6, 6.07) is 7.37. The van der Waals surface area contributed by atoms with Gasteiger partial charge in [-0.15, -0.1) is 0 Å². The van der Waals surface area contributed by atoms with Crippen molar-refractivity contribution in [1.82, 2.24) is 14.6 Å². The monoisotopic (exact) mass is 330 g/mol. The molecule has 118 valence electrons. The second kappa shape index (κ2) is 6.26. The molecule has 0 bridgehead atoms. The summed E-state index contributed by atoms with van der Waals surface area (Å²) < 4.78 is 6.63. The molecule has 3 rings (SSSR count). The van der Waals surface area contributed by atoms with Crippen LogP contribution in [0.5, 0.6) is 0 Å². The molecule has 2 heterocycles. The van der Waals surface area contributed by atoms with Crippen molar-refractivity contribution in [1.29, 1.82) is 0 Å². The molecule has 0 aliphatic carbocycles. The van der Waals surface area contributed by atoms with E-state index < -0.39 is 5.97 Å². The average Bonchev–Trinajstić information content (AvgIpc) is 2.99. The lowest BCUT2D eigenvalue weighted by Crippen LogP contribution is -2.12. The Morgan fingerprint density at radius 2 is 2.22 bits per heavy atom. The molecule has 0 radical (unpaired) electrons. The quantitative estimate of drug-likeness (QED) is 0.740. The standard InChI is InChI=1S/C16H15ClN4O2/c1-3-23-16(22)11-9-18-14-6-7-19-21(14)15(11)20-13-5-4-10(2)8-12(13)17/h4-9,20H,3H2,1-2H3. The molecule has 6 nitrogen and oxygen atoms in total. The Morgan fingerprint density at radius 3 is 2.96 bits per heavy atom. The Morgan fingerprint density at radius 1 is 1.39 bits per heavy atom. The average molecular weight is 331 g/mol. The fourth-order valence-electron chi connectivity index (χ4n) is 2.20. The summed E-state index contributed by atoms with van der Waals surface area (Å²) in [7, 11) is 0. The van der Waals surface area contributed by atoms with Crippen molar-refractivity contribution in [2.45, 2.75) is 13.8 Å². The van der Waals surface area contributed by atoms with Gasteiger partial charge in [0.05, 0.1) is 23.5 Å². The Kier molecular flexibility index (Phi) is 4.16. The maximum atomic E-state index is 12.2. The molecule has 0 saturated carbocycles. The highest BCUT2D eigenvalue weighted by Crippen LogP contribution is 2.28. The summed E-state index contributed by atoms with van der Waals surface area (Å²) in [5.74, 6) is -0.00710. The second-order valence-electron chi connectivity index (χ2n) is 4.95. The lowest BCUT2D eigenvalue weighted by Gasteiger charge is -2.14. The first-order chi connectivity index (χ1) is 11.1. The third kappa shape index (κ3) is 2.98. The minimum atomic E-state index is -0.469. The lowest BCUT2D eigenvalue weighted by molar-refractivity contribution is 0.0526. The molecule has 1 aromatic carbocycles. The number of benzene rings is 1. The maximum absolute atomic E-state index is 12.2. The number of hydrogen-bond donors (Lipinski definition) is 1. The van der Waals surface area contributed by atoms with Gasteiger partial charge in [-0.25, -0.2) is 9.78 Å². The normalized spacial score (nSPS) is 10.7. The third-order valence-corrected chi connectivity index (χ3v) is 3.60. The van der Waals surface area contributed by atoms with Gasteiger partial charge in [-0.05, 0) is 31.5 Å². The maximum Gasteiger partial charge on any atom is 0.343 e. The zero-order valence-corrected chi connectivity index (χ0v) is 13.5. The predicted octanol–water partition coefficient (Wildman–Crippen LogP) is 3.61. The van der Waals surface area contributed by atoms with E-state index in [2.05, 4.69) is 15.4 Å². The van der Waals surface area contributed by atoms with Crippen LogP contribution in [0.15, 0.2) is 36.7 Å². The van der Waals surface area contributed by atoms with Gasteiger partial charge < -0.3 is 10.1 Å². The zero-order valence-electron chi connectivity index (χ0n) is 12.7. The molecule has 1 N–H and O–H groups in total. The first-order valence-electron chi connectivity index (χ1n) is 7.13. The van der Waals surface area contributed by atoms with Gasteiger partial charge >= 0.3 is 5.97 Å². The summed E-state index contributed by atoms with van der Waals surface area (Å²) in [5.41, 5.74) is 2.62. The van der Waals surface area contributed by atoms with E-state index in [4.69, 9.17) is 16.3 Å². The summed E-state index contributed by atoms with van der Waals surface area (Å²) in [5, 5.41) is 7.92. The number of hydrogen-bond acceptors (Lipinski definition) is 5. The number of carbonyl (C=O) groups excluding carboxylic acids is 1. The number of aromatic nitrogens is 3. The number of nitrogens with one attached hydrogen (secondary N) is 1. The van der Waals surface area contributed by atoms with E-state index in [0.717, 1.165) is 5.56 Å². The lowest BCUT2D eigenvalue weighted by atomic mass is 10.2. The van der Waals surface area contributed by atoms with Crippen LogP contribution in [0, 0.1) is 6.92 Å². The fraction of sp³-hybridized carbons (Fsp3) is 0.188. The minimum absolute atomic E-state index is 0.278. The van der Waals surface area contributed by atoms with E-state index >= 15 is 0 Å². The number of fused-ring (bicyclic) bond motifs is 1. The van der Waals surface area contributed by atoms with Crippen LogP contribution in [0.4, 0.5) is 11.5 Å². The summed E-state index contributed by atoms with van der Waals surface area (Å²) in [4.78, 5) is 16.4. The number of aryl methyl sites for hydroxylation is 1. The molecule has 2 aromatic heterocycles. The van der Waals surface area contributed by atoms with E-state index in [1.54, 1.807) is 23.7 Å². The van der Waals surface area contributed by atoms with Gasteiger partial charge in [0, 0.05) is 12.3 Å². The number of nitrogens with zero attached hydrogens (tertiary/aromatic N) is 3. The molecule has 23 heavy (non-hydrogen) atoms. The van der Waals surface area contributed by atoms with E-state index in [0.29, 0.717) is 27.7 Å². The van der Waals surface area contributed by atoms with Gasteiger partial charge in [-0.2, -0.15) is 9.61 Å². The molecule has 0 aliphatic heterocycles. The molecule has 0 unspecified atom stereocenters. The van der Waals surface area contributed by atoms with Crippen molar-refractivity contribution in [3.05, 3.63) is 52.8 Å². The highest BCUT2D eigenvalue weighted by Gasteiger charge is 2.18. The van der Waals surface area contributed by atoms with Crippen LogP contribution in [0.2, 0.25) is 5.02 Å². The van der Waals surface area contributed by atoms with Crippen molar-refractivity contribution in [2.75, 3.05) is 11.9 Å². The summed E-state index contributed by atoms with van der Waals surface area (Å²) >= 11 is 6.27. The highest BCUT2D eigenvalue weighted by atomic mass is 35.5. The van der Waals surface area contributed by atoms with Crippen LogP contribution >= 0.6 is 11.6 Å². The molecule has 0 spiro atoms. The number of esters is 1. The van der Waals surface area contributed by atoms with Crippen molar-refractivity contribution in [3.63, 3.8) is 0 Å². The van der Waals surface area contributed by atoms with Crippen molar-refractivity contribution in [3.8, 4) is 0 Å². The van der Waals surface area contributed by atoms with Crippen LogP contribution in [0.25, 0.3) is 5.65 Å². The predicted molar refractivity (Wildman–Crippen MR) is 88.4 cm³/mol. The van der Waals surface area contributed by atoms with E-state index in [-0.39, 0.29) is 6.61 Å². The number of rotatable bonds is 4. The van der Waals surface area contributed by atoms with E-state index in [1.165, 1.54) is 6.20 Å². The molecular weight excluding hydrogens is 316 g/mol. The van der Waals surface area contributed by atoms with Crippen LogP contribution in [0.3, 0.4) is 0 Å². The van der Waals surface area contributed by atoms with Gasteiger partial charge in [0.1, 0.15) is 5.56 Å². The van der Waals surface area contributed by atoms with Crippen molar-refractivity contribution < 1.29 is 9.53 Å². The van der Waals surface area contributed by atoms with Gasteiger partial charge in [0.25, 0.3) is 0 Å². The number of ether oxygens (including phenoxy) is 1. The Hall–Kier alpha value is -2.60. The van der Waals surface area contributed by atoms with Gasteiger partial charge in [-0.1, -0.05) is 17.7 Å². The smallest absolute Gasteiger partial charge is 0.343 e. The molecule has 0 aliphatic rings. The van der Waals surface area contributed by atoms with Crippen LogP contribution < -0.4 is 5.32 Å². The van der Waals surface area contributed by atoms with Crippen LogP contribution in [-0.2, 0) is 4.74 Å². The van der Waals surface area contributed by atoms with Crippen LogP contribution in [-0.4, -0.2) is 27.2 Å². The molecule has 0 saturated heterocycles. The topological polar surface area (TPSA) is 68.5 Å². The minimum Gasteiger partial charge on any atom is -0.462 e. The number of anilines is 2. The fourth-order valence-corrected chi connectivity index (χ4v) is 2.48. The first-order valence-corrected chi connectivity index (χ1v) is 7.51. The zero-order chi connectivity index (χ0) is 16.4. The number of halogens is 1. The van der Waals surface area contributed by atoms with Crippen LogP contribution in [0.1, 0.15) is 22.8 Å². The molecule has 7 heteroatoms. The van der Waals surface area contributed by atoms with Crippen molar-refractivity contribution in [2.24, 2.45) is 0 Å². The Labute approximate surface area is 138 Å². The molecular formula is C16H15ClN4O2. The van der Waals surface area contributed by atoms with Gasteiger partial charge in [-0.3, -0.25) is 0 Å². The second-order valence-corrected chi connectivity index (χ2v) is 5.36. The summed E-state index contributed by atoms with van der Waals surface area (Å²) in [6.45, 7) is 3.99. The molecule has 0 atom stereocenters. The highest BCUT2D eigenvalue weighted by molar-refractivity contribution is 6.33. The van der Waals surface area contributed by atoms with Crippen molar-refractivity contribution >= 4 is 34.7 Å². The Bertz CT molecular complexity index is 876. The summed E-state index contributed by atoms with van der Waals surface area (Å²) in [6.07, 6.45) is 3.08.